The van der Waals surface area contributed by atoms with Gasteiger partial charge in [-0.3, -0.25) is 19.2 Å². The summed E-state index contributed by atoms with van der Waals surface area (Å²) in [6.07, 6.45) is 2.04. The molecule has 8 heteroatoms. The predicted octanol–water partition coefficient (Wildman–Crippen LogP) is 1.84. The molecule has 0 amide bonds. The number of esters is 4. The van der Waals surface area contributed by atoms with Crippen LogP contribution in [-0.2, 0) is 28.7 Å². The summed E-state index contributed by atoms with van der Waals surface area (Å²) in [7, 11) is 0. The second-order valence-electron chi connectivity index (χ2n) is 5.61. The first-order valence-corrected chi connectivity index (χ1v) is 8.01. The Bertz CT molecular complexity index is 794. The lowest BCUT2D eigenvalue weighted by Gasteiger charge is -2.11. The quantitative estimate of drug-likeness (QED) is 0.377. The van der Waals surface area contributed by atoms with Gasteiger partial charge in [0.1, 0.15) is 23.4 Å². The lowest BCUT2D eigenvalue weighted by Crippen LogP contribution is -2.27. The van der Waals surface area contributed by atoms with Crippen LogP contribution in [0.1, 0.15) is 34.6 Å². The number of hydrogen-bond acceptors (Lipinski definition) is 8. The van der Waals surface area contributed by atoms with Crippen molar-refractivity contribution in [1.82, 2.24) is 0 Å². The molecule has 0 aliphatic rings. The predicted molar refractivity (Wildman–Crippen MR) is 96.0 cm³/mol. The van der Waals surface area contributed by atoms with Crippen LogP contribution in [0.3, 0.4) is 0 Å². The number of ketones is 2. The summed E-state index contributed by atoms with van der Waals surface area (Å²) in [4.78, 5) is 71.0. The van der Waals surface area contributed by atoms with Crippen LogP contribution in [-0.4, -0.2) is 35.4 Å². The standard InChI is InChI=1S/C20H18O8/c1-5-13(11(3)21)17(23)27-19(25)15-9-7-8-10-16(15)20(26)28-18(24)14(6-2)12(4)22/h5-10,13-14H,1-2H2,3-4H3. The molecule has 0 saturated heterocycles. The van der Waals surface area contributed by atoms with Crippen molar-refractivity contribution < 1.29 is 38.2 Å². The average molecular weight is 386 g/mol. The Morgan fingerprint density at radius 3 is 1.32 bits per heavy atom. The molecule has 1 aromatic carbocycles. The van der Waals surface area contributed by atoms with E-state index in [1.807, 2.05) is 0 Å². The fraction of sp³-hybridized carbons (Fsp3) is 0.200. The molecular weight excluding hydrogens is 368 g/mol. The Kier molecular flexibility index (Phi) is 7.88. The minimum absolute atomic E-state index is 0.363. The van der Waals surface area contributed by atoms with Gasteiger partial charge in [0.25, 0.3) is 0 Å². The Hall–Kier alpha value is -3.68. The molecule has 2 atom stereocenters. The molecule has 0 fully saturated rings. The molecule has 0 aliphatic heterocycles. The van der Waals surface area contributed by atoms with E-state index in [9.17, 15) is 28.8 Å². The molecule has 0 saturated carbocycles. The number of ether oxygens (including phenoxy) is 2. The molecule has 146 valence electrons. The van der Waals surface area contributed by atoms with E-state index in [1.54, 1.807) is 0 Å². The SMILES string of the molecule is C=CC(C(C)=O)C(=O)OC(=O)c1ccccc1C(=O)OC(=O)C(C=C)C(C)=O. The maximum absolute atomic E-state index is 12.3. The van der Waals surface area contributed by atoms with Gasteiger partial charge < -0.3 is 9.47 Å². The highest BCUT2D eigenvalue weighted by Gasteiger charge is 2.29. The van der Waals surface area contributed by atoms with Gasteiger partial charge >= 0.3 is 23.9 Å². The van der Waals surface area contributed by atoms with Gasteiger partial charge in [-0.15, -0.1) is 13.2 Å². The van der Waals surface area contributed by atoms with Gasteiger partial charge in [0.05, 0.1) is 11.1 Å². The Labute approximate surface area is 160 Å². The van der Waals surface area contributed by atoms with Crippen LogP contribution in [0.25, 0.3) is 0 Å². The van der Waals surface area contributed by atoms with Crippen LogP contribution < -0.4 is 0 Å². The molecule has 0 heterocycles. The van der Waals surface area contributed by atoms with Crippen LogP contribution in [0.5, 0.6) is 0 Å². The maximum atomic E-state index is 12.3. The number of rotatable bonds is 8. The number of Topliss-reactive ketones (excluding diaryl/α,β-unsaturated/α-hetero) is 2. The van der Waals surface area contributed by atoms with Crippen molar-refractivity contribution in [3.8, 4) is 0 Å². The number of carbonyl (C=O) groups is 6. The van der Waals surface area contributed by atoms with Crippen LogP contribution in [0.4, 0.5) is 0 Å². The van der Waals surface area contributed by atoms with E-state index in [-0.39, 0.29) is 11.1 Å². The van der Waals surface area contributed by atoms with Gasteiger partial charge in [-0.2, -0.15) is 0 Å². The highest BCUT2D eigenvalue weighted by molar-refractivity contribution is 6.11. The molecule has 1 rings (SSSR count). The summed E-state index contributed by atoms with van der Waals surface area (Å²) in [5.41, 5.74) is -0.726. The minimum Gasteiger partial charge on any atom is -0.389 e. The van der Waals surface area contributed by atoms with Crippen molar-refractivity contribution in [2.24, 2.45) is 11.8 Å². The third kappa shape index (κ3) is 5.41. The zero-order valence-corrected chi connectivity index (χ0v) is 15.3. The van der Waals surface area contributed by atoms with Gasteiger partial charge in [-0.05, 0) is 26.0 Å². The highest BCUT2D eigenvalue weighted by Crippen LogP contribution is 2.15. The molecule has 0 bridgehead atoms. The largest absolute Gasteiger partial charge is 0.389 e. The molecule has 0 aliphatic carbocycles. The van der Waals surface area contributed by atoms with Gasteiger partial charge in [0, 0.05) is 0 Å². The first-order valence-electron chi connectivity index (χ1n) is 8.01. The molecule has 0 spiro atoms. The summed E-state index contributed by atoms with van der Waals surface area (Å²) >= 11 is 0. The summed E-state index contributed by atoms with van der Waals surface area (Å²) in [6.45, 7) is 8.89. The van der Waals surface area contributed by atoms with Crippen LogP contribution in [0.15, 0.2) is 49.6 Å². The molecule has 0 N–H and O–H groups in total. The van der Waals surface area contributed by atoms with Gasteiger partial charge in [-0.1, -0.05) is 24.3 Å². The number of hydrogen-bond donors (Lipinski definition) is 0. The number of benzene rings is 1. The molecule has 0 aromatic heterocycles. The van der Waals surface area contributed by atoms with Crippen LogP contribution >= 0.6 is 0 Å². The van der Waals surface area contributed by atoms with Crippen molar-refractivity contribution in [3.05, 3.63) is 60.7 Å². The van der Waals surface area contributed by atoms with E-state index in [0.29, 0.717) is 0 Å². The van der Waals surface area contributed by atoms with Gasteiger partial charge in [0.2, 0.25) is 0 Å². The Morgan fingerprint density at radius 2 is 1.07 bits per heavy atom. The lowest BCUT2D eigenvalue weighted by atomic mass is 10.1. The smallest absolute Gasteiger partial charge is 0.346 e. The fourth-order valence-corrected chi connectivity index (χ4v) is 2.12. The monoisotopic (exact) mass is 386 g/mol. The summed E-state index contributed by atoms with van der Waals surface area (Å²) < 4.78 is 9.24. The summed E-state index contributed by atoms with van der Waals surface area (Å²) in [5, 5.41) is 0. The maximum Gasteiger partial charge on any atom is 0.346 e. The first-order chi connectivity index (χ1) is 13.1. The zero-order chi connectivity index (χ0) is 21.4. The molecule has 2 unspecified atom stereocenters. The zero-order valence-electron chi connectivity index (χ0n) is 15.3. The lowest BCUT2D eigenvalue weighted by molar-refractivity contribution is -0.146. The third-order valence-electron chi connectivity index (χ3n) is 3.61. The topological polar surface area (TPSA) is 121 Å². The fourth-order valence-electron chi connectivity index (χ4n) is 2.12. The van der Waals surface area contributed by atoms with Gasteiger partial charge in [-0.25, -0.2) is 9.59 Å². The molecule has 28 heavy (non-hydrogen) atoms. The van der Waals surface area contributed by atoms with Crippen molar-refractivity contribution in [1.29, 1.82) is 0 Å². The van der Waals surface area contributed by atoms with E-state index in [0.717, 1.165) is 26.0 Å². The molecule has 1 aromatic rings. The van der Waals surface area contributed by atoms with E-state index in [2.05, 4.69) is 22.6 Å². The van der Waals surface area contributed by atoms with Crippen LogP contribution in [0.2, 0.25) is 0 Å². The van der Waals surface area contributed by atoms with E-state index in [4.69, 9.17) is 0 Å². The molecule has 0 radical (unpaired) electrons. The summed E-state index contributed by atoms with van der Waals surface area (Å²) in [6, 6.07) is 5.11. The van der Waals surface area contributed by atoms with Crippen molar-refractivity contribution in [2.75, 3.05) is 0 Å². The molecule has 8 nitrogen and oxygen atoms in total. The van der Waals surface area contributed by atoms with Crippen molar-refractivity contribution in [2.45, 2.75) is 13.8 Å². The minimum atomic E-state index is -1.34. The Balaban J connectivity index is 3.06. The number of carbonyl (C=O) groups excluding carboxylic acids is 6. The molecular formula is C20H18O8. The summed E-state index contributed by atoms with van der Waals surface area (Å²) in [5.74, 6) is -8.58. The average Bonchev–Trinajstić information content (AvgIpc) is 2.61. The van der Waals surface area contributed by atoms with E-state index >= 15 is 0 Å². The van der Waals surface area contributed by atoms with E-state index < -0.39 is 47.3 Å². The second-order valence-corrected chi connectivity index (χ2v) is 5.61. The van der Waals surface area contributed by atoms with E-state index in [1.165, 1.54) is 24.3 Å². The van der Waals surface area contributed by atoms with Crippen molar-refractivity contribution in [3.63, 3.8) is 0 Å². The first kappa shape index (κ1) is 22.4. The Morgan fingerprint density at radius 1 is 0.750 bits per heavy atom. The normalized spacial score (nSPS) is 12.1. The third-order valence-corrected chi connectivity index (χ3v) is 3.61. The van der Waals surface area contributed by atoms with Gasteiger partial charge in [0.15, 0.2) is 0 Å². The van der Waals surface area contributed by atoms with Crippen LogP contribution in [0, 0.1) is 11.8 Å². The van der Waals surface area contributed by atoms with Crippen molar-refractivity contribution >= 4 is 35.4 Å². The second kappa shape index (κ2) is 9.86. The highest BCUT2D eigenvalue weighted by atomic mass is 16.6.